The number of halogens is 1. The Bertz CT molecular complexity index is 2730. The number of methoxy groups -OCH3 is 1. The van der Waals surface area contributed by atoms with E-state index in [1.165, 1.54) is 40.1 Å². The summed E-state index contributed by atoms with van der Waals surface area (Å²) in [6.45, 7) is 24.2. The van der Waals surface area contributed by atoms with Crippen LogP contribution in [0.15, 0.2) is 23.1 Å². The van der Waals surface area contributed by atoms with Crippen LogP contribution in [0.5, 0.6) is 0 Å². The number of aliphatic hydroxyl groups excluding tert-OH is 2. The molecule has 24 heteroatoms. The molecule has 486 valence electrons. The lowest BCUT2D eigenvalue weighted by Crippen LogP contribution is -2.61. The number of fused-ring (bicyclic) bond motifs is 1. The largest absolute Gasteiger partial charge is 0.477 e. The van der Waals surface area contributed by atoms with E-state index in [0.29, 0.717) is 17.6 Å². The van der Waals surface area contributed by atoms with Crippen molar-refractivity contribution in [3.8, 4) is 0 Å². The SMILES string of the molecule is CCN1CCN(c2cc3c(cc2F)c(=O)c(C(=O)O)cn3C2CC2)CC1.CCOC(=O)CCC(=O)O[C@H]1[C@H](O[C@@H]2[C@@H](C)[C@H](O[C@H]3C[C@@](C)(OC)[C@@H](O)[C@H](C)O3)[C@@H](C)C(=O)O[C@H](CC)[C@@](C)(O)[C@H](O)[C@@H](C)C(=O)[C@H](C)C[C@@]2(C)O)O[C@H](C)C[C@@H]1N(C)C. The van der Waals surface area contributed by atoms with E-state index in [1.807, 2.05) is 35.4 Å². The summed E-state index contributed by atoms with van der Waals surface area (Å²) in [7, 11) is 5.09. The monoisotopic (exact) mass is 1220 g/mol. The smallest absolute Gasteiger partial charge is 0.341 e. The van der Waals surface area contributed by atoms with Gasteiger partial charge in [0.15, 0.2) is 18.7 Å². The summed E-state index contributed by atoms with van der Waals surface area (Å²) in [6, 6.07) is 2.68. The summed E-state index contributed by atoms with van der Waals surface area (Å²) in [5.74, 6) is -8.38. The molecule has 2 aromatic rings. The summed E-state index contributed by atoms with van der Waals surface area (Å²) in [5, 5.41) is 56.3. The molecule has 5 heterocycles. The molecule has 0 unspecified atom stereocenters. The highest BCUT2D eigenvalue weighted by atomic mass is 19.1. The van der Waals surface area contributed by atoms with Gasteiger partial charge >= 0.3 is 23.9 Å². The second-order valence-corrected chi connectivity index (χ2v) is 25.3. The first-order chi connectivity index (χ1) is 40.2. The number of ketones is 1. The minimum Gasteiger partial charge on any atom is -0.477 e. The third-order valence-corrected chi connectivity index (χ3v) is 18.3. The van der Waals surface area contributed by atoms with Crippen molar-refractivity contribution in [2.75, 3.05) is 65.4 Å². The predicted molar refractivity (Wildman–Crippen MR) is 314 cm³/mol. The number of hydrogen-bond acceptors (Lipinski definition) is 21. The van der Waals surface area contributed by atoms with Gasteiger partial charge in [-0.2, -0.15) is 0 Å². The molecule has 86 heavy (non-hydrogen) atoms. The Hall–Kier alpha value is -4.73. The molecule has 0 amide bonds. The zero-order valence-corrected chi connectivity index (χ0v) is 53.0. The van der Waals surface area contributed by atoms with Crippen molar-refractivity contribution in [1.82, 2.24) is 14.4 Å². The number of aromatic nitrogens is 1. The highest BCUT2D eigenvalue weighted by molar-refractivity contribution is 5.93. The molecular formula is C62H97FN4O19. The molecular weight excluding hydrogens is 1120 g/mol. The first-order valence-corrected chi connectivity index (χ1v) is 30.6. The quantitative estimate of drug-likeness (QED) is 0.109. The van der Waals surface area contributed by atoms with Gasteiger partial charge in [-0.05, 0) is 113 Å². The number of carboxylic acids is 1. The predicted octanol–water partition coefficient (Wildman–Crippen LogP) is 5.00. The lowest BCUT2D eigenvalue weighted by molar-refractivity contribution is -0.319. The number of aromatic carboxylic acids is 1. The molecule has 1 aliphatic carbocycles. The first-order valence-electron chi connectivity index (χ1n) is 30.6. The highest BCUT2D eigenvalue weighted by Crippen LogP contribution is 2.42. The van der Waals surface area contributed by atoms with Crippen molar-refractivity contribution < 1.29 is 91.8 Å². The molecule has 0 radical (unpaired) electrons. The maximum absolute atomic E-state index is 14.8. The molecule has 0 spiro atoms. The van der Waals surface area contributed by atoms with Crippen LogP contribution in [0.4, 0.5) is 10.1 Å². The minimum atomic E-state index is -2.04. The third-order valence-electron chi connectivity index (χ3n) is 18.3. The number of esters is 3. The average Bonchev–Trinajstić information content (AvgIpc) is 1.92. The molecule has 7 rings (SSSR count). The zero-order valence-electron chi connectivity index (χ0n) is 53.0. The number of piperazine rings is 1. The molecule has 5 aliphatic rings. The Morgan fingerprint density at radius 1 is 0.837 bits per heavy atom. The fourth-order valence-corrected chi connectivity index (χ4v) is 12.9. The normalized spacial score (nSPS) is 36.2. The maximum atomic E-state index is 14.8. The number of ether oxygens (including phenoxy) is 8. The molecule has 0 bridgehead atoms. The minimum absolute atomic E-state index is 0.0431. The molecule has 18 atom stereocenters. The zero-order chi connectivity index (χ0) is 64.1. The van der Waals surface area contributed by atoms with Crippen molar-refractivity contribution in [3.63, 3.8) is 0 Å². The van der Waals surface area contributed by atoms with Gasteiger partial charge in [0.1, 0.15) is 35.0 Å². The summed E-state index contributed by atoms with van der Waals surface area (Å²) in [5.41, 5.74) is -4.86. The van der Waals surface area contributed by atoms with E-state index in [4.69, 9.17) is 37.9 Å². The molecule has 5 fully saturated rings. The van der Waals surface area contributed by atoms with E-state index in [2.05, 4.69) is 11.8 Å². The molecule has 1 aromatic heterocycles. The van der Waals surface area contributed by atoms with Crippen molar-refractivity contribution in [1.29, 1.82) is 0 Å². The topological polar surface area (TPSA) is 292 Å². The number of hydrogen-bond donors (Lipinski definition) is 5. The van der Waals surface area contributed by atoms with Crippen molar-refractivity contribution in [2.45, 2.75) is 225 Å². The fraction of sp³-hybridized carbons (Fsp3) is 0.774. The van der Waals surface area contributed by atoms with E-state index in [9.17, 15) is 58.7 Å². The number of likely N-dealkylation sites (N-methyl/N-ethyl adjacent to an activating group) is 2. The number of anilines is 1. The van der Waals surface area contributed by atoms with Crippen LogP contribution >= 0.6 is 0 Å². The number of rotatable bonds is 16. The van der Waals surface area contributed by atoms with Crippen LogP contribution < -0.4 is 10.3 Å². The van der Waals surface area contributed by atoms with Gasteiger partial charge in [0.05, 0.1) is 84.3 Å². The Morgan fingerprint density at radius 2 is 1.48 bits per heavy atom. The van der Waals surface area contributed by atoms with E-state index >= 15 is 0 Å². The van der Waals surface area contributed by atoms with Crippen LogP contribution in [-0.4, -0.2) is 214 Å². The fourth-order valence-electron chi connectivity index (χ4n) is 12.9. The summed E-state index contributed by atoms with van der Waals surface area (Å²) >= 11 is 0. The Morgan fingerprint density at radius 3 is 2.05 bits per heavy atom. The van der Waals surface area contributed by atoms with Crippen molar-refractivity contribution in [3.05, 3.63) is 39.9 Å². The Balaban J connectivity index is 0.000000373. The van der Waals surface area contributed by atoms with Crippen molar-refractivity contribution in [2.24, 2.45) is 23.7 Å². The van der Waals surface area contributed by atoms with Gasteiger partial charge < -0.3 is 82.7 Å². The van der Waals surface area contributed by atoms with Gasteiger partial charge in [-0.3, -0.25) is 24.0 Å². The van der Waals surface area contributed by atoms with Gasteiger partial charge in [-0.25, -0.2) is 9.18 Å². The van der Waals surface area contributed by atoms with E-state index in [1.54, 1.807) is 54.5 Å². The van der Waals surface area contributed by atoms with Gasteiger partial charge in [0.2, 0.25) is 5.43 Å². The van der Waals surface area contributed by atoms with Crippen LogP contribution in [-0.2, 0) is 57.1 Å². The van der Waals surface area contributed by atoms with Crippen molar-refractivity contribution >= 4 is 46.3 Å². The van der Waals surface area contributed by atoms with Crippen LogP contribution in [0.3, 0.4) is 0 Å². The number of carboxylic acid groups (broad SMARTS) is 1. The van der Waals surface area contributed by atoms with Gasteiger partial charge in [-0.1, -0.05) is 34.6 Å². The second kappa shape index (κ2) is 29.3. The molecule has 5 N–H and O–H groups in total. The third kappa shape index (κ3) is 16.2. The Labute approximate surface area is 504 Å². The Kier molecular flexibility index (Phi) is 23.9. The average molecular weight is 1220 g/mol. The van der Waals surface area contributed by atoms with Gasteiger partial charge in [0, 0.05) is 75.1 Å². The van der Waals surface area contributed by atoms with Crippen LogP contribution in [0.1, 0.15) is 151 Å². The number of pyridine rings is 1. The molecule has 1 aromatic carbocycles. The lowest BCUT2D eigenvalue weighted by Gasteiger charge is -2.49. The maximum Gasteiger partial charge on any atom is 0.341 e. The number of carbonyl (C=O) groups excluding carboxylic acids is 4. The van der Waals surface area contributed by atoms with E-state index < -0.39 is 149 Å². The summed E-state index contributed by atoms with van der Waals surface area (Å²) in [4.78, 5) is 83.9. The number of nitrogens with zero attached hydrogens (tertiary/aromatic N) is 4. The van der Waals surface area contributed by atoms with E-state index in [0.717, 1.165) is 45.6 Å². The number of aliphatic hydroxyl groups is 4. The van der Waals surface area contributed by atoms with E-state index in [-0.39, 0.29) is 55.7 Å². The molecule has 4 saturated heterocycles. The molecule has 1 saturated carbocycles. The summed E-state index contributed by atoms with van der Waals surface area (Å²) in [6.07, 6.45) is -7.82. The standard InChI is InChI=1S/C43H75NO16.C19H22FN3O3/c1-15-29-43(11,52)36(48)24(5)33(47)22(3)20-41(9,51)38(25(6)34(26(7)39(50)57-29)59-32-21-42(10,53-14)37(49)27(8)56-32)60-40-35(28(44(12)13)19-23(4)55-40)58-31(46)18-17-30(45)54-16-2;1-2-21-5-7-22(8-6-21)17-10-16-13(9-15(17)20)18(24)14(19(25)26)11-23(16)12-3-4-12/h22-29,32,34-38,40,48-49,51-52H,15-21H2,1-14H3;9-12H,2-8H2,1H3,(H,25,26)/t22-,23-,24+,25+,26-,27+,28+,29-,32+,34+,35-,36-,37+,38-,40+,41-,42-,43-;/m1./s1. The number of Topliss-reactive ketones (excluding diaryl/α,β-unsaturated/α-hetero) is 1. The molecule has 4 aliphatic heterocycles. The number of carbonyl (C=O) groups is 5. The van der Waals surface area contributed by atoms with Gasteiger partial charge in [0.25, 0.3) is 0 Å². The lowest BCUT2D eigenvalue weighted by atomic mass is 9.74. The van der Waals surface area contributed by atoms with Crippen LogP contribution in [0, 0.1) is 29.5 Å². The number of benzene rings is 1. The van der Waals surface area contributed by atoms with Crippen LogP contribution in [0.25, 0.3) is 10.9 Å². The molecule has 23 nitrogen and oxygen atoms in total. The van der Waals surface area contributed by atoms with Gasteiger partial charge in [-0.15, -0.1) is 0 Å². The second-order valence-electron chi connectivity index (χ2n) is 25.3. The first kappa shape index (κ1) is 70.4. The highest BCUT2D eigenvalue weighted by Gasteiger charge is 2.54. The number of cyclic esters (lactones) is 1. The summed E-state index contributed by atoms with van der Waals surface area (Å²) < 4.78 is 65.4. The van der Waals surface area contributed by atoms with Crippen LogP contribution in [0.2, 0.25) is 0 Å².